The van der Waals surface area contributed by atoms with E-state index in [9.17, 15) is 0 Å². The van der Waals surface area contributed by atoms with Crippen LogP contribution >= 0.6 is 0 Å². The number of piperidine rings is 1. The lowest BCUT2D eigenvalue weighted by atomic mass is 9.98. The van der Waals surface area contributed by atoms with Gasteiger partial charge in [0.15, 0.2) is 0 Å². The van der Waals surface area contributed by atoms with Crippen LogP contribution < -0.4 is 10.1 Å². The van der Waals surface area contributed by atoms with Crippen LogP contribution in [0.3, 0.4) is 0 Å². The average molecular weight is 234 g/mol. The summed E-state index contributed by atoms with van der Waals surface area (Å²) in [6, 6.07) is 6.05. The van der Waals surface area contributed by atoms with Crippen LogP contribution in [0.1, 0.15) is 38.8 Å². The van der Waals surface area contributed by atoms with E-state index >= 15 is 0 Å². The molecular formula is C14H22N2O. The van der Waals surface area contributed by atoms with Crippen molar-refractivity contribution in [2.75, 3.05) is 13.1 Å². The Hall–Kier alpha value is -1.09. The fraction of sp³-hybridized carbons (Fsp3) is 0.643. The maximum Gasteiger partial charge on any atom is 0.213 e. The summed E-state index contributed by atoms with van der Waals surface area (Å²) in [5.41, 5.74) is 1.10. The second-order valence-corrected chi connectivity index (χ2v) is 5.18. The Morgan fingerprint density at radius 2 is 2.24 bits per heavy atom. The molecule has 0 saturated carbocycles. The highest BCUT2D eigenvalue weighted by Gasteiger charge is 2.23. The second kappa shape index (κ2) is 5.50. The van der Waals surface area contributed by atoms with Gasteiger partial charge in [0.1, 0.15) is 6.10 Å². The molecule has 1 aliphatic heterocycles. The van der Waals surface area contributed by atoms with Crippen molar-refractivity contribution in [1.29, 1.82) is 0 Å². The first-order chi connectivity index (χ1) is 8.16. The molecule has 0 bridgehead atoms. The topological polar surface area (TPSA) is 34.1 Å². The molecular weight excluding hydrogens is 212 g/mol. The van der Waals surface area contributed by atoms with Gasteiger partial charge >= 0.3 is 0 Å². The molecule has 2 rings (SSSR count). The van der Waals surface area contributed by atoms with Crippen molar-refractivity contribution in [2.45, 2.75) is 39.2 Å². The number of ether oxygens (including phenoxy) is 1. The molecule has 0 radical (unpaired) electrons. The normalized spacial score (nSPS) is 24.9. The number of aromatic nitrogens is 1. The van der Waals surface area contributed by atoms with Crippen molar-refractivity contribution < 1.29 is 4.74 Å². The van der Waals surface area contributed by atoms with Crippen LogP contribution in [0.2, 0.25) is 0 Å². The molecule has 0 spiro atoms. The van der Waals surface area contributed by atoms with Crippen LogP contribution in [-0.4, -0.2) is 24.2 Å². The van der Waals surface area contributed by atoms with Crippen LogP contribution in [0.25, 0.3) is 0 Å². The first-order valence-electron chi connectivity index (χ1n) is 6.51. The van der Waals surface area contributed by atoms with Gasteiger partial charge in [-0.3, -0.25) is 0 Å². The summed E-state index contributed by atoms with van der Waals surface area (Å²) in [5.74, 6) is 1.77. The van der Waals surface area contributed by atoms with E-state index in [-0.39, 0.29) is 0 Å². The van der Waals surface area contributed by atoms with Gasteiger partial charge in [-0.05, 0) is 24.9 Å². The molecule has 2 atom stereocenters. The fourth-order valence-electron chi connectivity index (χ4n) is 2.14. The molecule has 0 aliphatic carbocycles. The minimum atomic E-state index is 0.297. The van der Waals surface area contributed by atoms with Gasteiger partial charge < -0.3 is 10.1 Å². The lowest BCUT2D eigenvalue weighted by Crippen LogP contribution is -2.41. The summed E-state index contributed by atoms with van der Waals surface area (Å²) in [6.45, 7) is 8.61. The molecule has 94 valence electrons. The molecule has 0 aromatic carbocycles. The smallest absolute Gasteiger partial charge is 0.213 e. The highest BCUT2D eigenvalue weighted by atomic mass is 16.5. The van der Waals surface area contributed by atoms with Crippen LogP contribution in [0.5, 0.6) is 5.88 Å². The zero-order chi connectivity index (χ0) is 12.3. The average Bonchev–Trinajstić information content (AvgIpc) is 2.32. The molecule has 1 fully saturated rings. The molecule has 17 heavy (non-hydrogen) atoms. The highest BCUT2D eigenvalue weighted by Crippen LogP contribution is 2.20. The Morgan fingerprint density at radius 1 is 1.41 bits per heavy atom. The van der Waals surface area contributed by atoms with E-state index in [1.807, 2.05) is 12.1 Å². The lowest BCUT2D eigenvalue weighted by Gasteiger charge is -2.29. The summed E-state index contributed by atoms with van der Waals surface area (Å²) in [5, 5.41) is 3.38. The molecule has 1 aliphatic rings. The van der Waals surface area contributed by atoms with Crippen LogP contribution in [0.15, 0.2) is 18.2 Å². The first kappa shape index (κ1) is 12.4. The van der Waals surface area contributed by atoms with Crippen molar-refractivity contribution in [3.8, 4) is 5.88 Å². The molecule has 2 heterocycles. The quantitative estimate of drug-likeness (QED) is 0.873. The van der Waals surface area contributed by atoms with E-state index in [0.29, 0.717) is 17.9 Å². The number of nitrogens with one attached hydrogen (secondary N) is 1. The number of hydrogen-bond donors (Lipinski definition) is 1. The Balaban J connectivity index is 2.04. The first-order valence-corrected chi connectivity index (χ1v) is 6.51. The van der Waals surface area contributed by atoms with Gasteiger partial charge in [-0.15, -0.1) is 0 Å². The van der Waals surface area contributed by atoms with Crippen molar-refractivity contribution in [1.82, 2.24) is 10.3 Å². The van der Waals surface area contributed by atoms with E-state index in [1.54, 1.807) is 0 Å². The van der Waals surface area contributed by atoms with E-state index in [1.165, 1.54) is 0 Å². The van der Waals surface area contributed by atoms with Gasteiger partial charge in [-0.2, -0.15) is 0 Å². The second-order valence-electron chi connectivity index (χ2n) is 5.18. The molecule has 0 amide bonds. The minimum absolute atomic E-state index is 0.297. The fourth-order valence-corrected chi connectivity index (χ4v) is 2.14. The molecule has 1 aromatic heterocycles. The van der Waals surface area contributed by atoms with Crippen LogP contribution in [-0.2, 0) is 0 Å². The van der Waals surface area contributed by atoms with E-state index in [4.69, 9.17) is 4.74 Å². The molecule has 1 aromatic rings. The minimum Gasteiger partial charge on any atom is -0.474 e. The zero-order valence-corrected chi connectivity index (χ0v) is 10.9. The third-order valence-corrected chi connectivity index (χ3v) is 3.32. The summed E-state index contributed by atoms with van der Waals surface area (Å²) in [7, 11) is 0. The van der Waals surface area contributed by atoms with Crippen LogP contribution in [0.4, 0.5) is 0 Å². The van der Waals surface area contributed by atoms with E-state index in [2.05, 4.69) is 37.1 Å². The third-order valence-electron chi connectivity index (χ3n) is 3.32. The summed E-state index contributed by atoms with van der Waals surface area (Å²) < 4.78 is 6.01. The number of nitrogens with zero attached hydrogens (tertiary/aromatic N) is 1. The third kappa shape index (κ3) is 3.19. The van der Waals surface area contributed by atoms with Gasteiger partial charge in [0.25, 0.3) is 0 Å². The highest BCUT2D eigenvalue weighted by molar-refractivity contribution is 5.18. The largest absolute Gasteiger partial charge is 0.474 e. The van der Waals surface area contributed by atoms with Crippen molar-refractivity contribution in [3.05, 3.63) is 23.9 Å². The van der Waals surface area contributed by atoms with Crippen LogP contribution in [0, 0.1) is 5.92 Å². The molecule has 0 unspecified atom stereocenters. The number of rotatable bonds is 3. The standard InChI is InChI=1S/C14H22N2O/c1-10(2)12-5-4-6-14(16-12)17-13-7-8-15-9-11(13)3/h4-6,10-11,13,15H,7-9H2,1-3H3/t11-,13+/m0/s1. The Morgan fingerprint density at radius 3 is 2.94 bits per heavy atom. The van der Waals surface area contributed by atoms with Gasteiger partial charge in [0.05, 0.1) is 0 Å². The molecule has 3 nitrogen and oxygen atoms in total. The maximum atomic E-state index is 6.01. The summed E-state index contributed by atoms with van der Waals surface area (Å²) in [4.78, 5) is 4.56. The van der Waals surface area contributed by atoms with E-state index in [0.717, 1.165) is 31.1 Å². The summed E-state index contributed by atoms with van der Waals surface area (Å²) >= 11 is 0. The monoisotopic (exact) mass is 234 g/mol. The van der Waals surface area contributed by atoms with E-state index < -0.39 is 0 Å². The molecule has 1 saturated heterocycles. The zero-order valence-electron chi connectivity index (χ0n) is 10.9. The van der Waals surface area contributed by atoms with Gasteiger partial charge in [0, 0.05) is 24.2 Å². The SMILES string of the molecule is CC(C)c1cccc(O[C@@H]2CCNC[C@@H]2C)n1. The van der Waals surface area contributed by atoms with Gasteiger partial charge in [-0.25, -0.2) is 4.98 Å². The predicted molar refractivity (Wildman–Crippen MR) is 69.4 cm³/mol. The number of pyridine rings is 1. The Labute approximate surface area is 104 Å². The number of hydrogen-bond acceptors (Lipinski definition) is 3. The lowest BCUT2D eigenvalue weighted by molar-refractivity contribution is 0.106. The molecule has 1 N–H and O–H groups in total. The van der Waals surface area contributed by atoms with Gasteiger partial charge in [-0.1, -0.05) is 26.8 Å². The van der Waals surface area contributed by atoms with Crippen molar-refractivity contribution in [2.24, 2.45) is 5.92 Å². The van der Waals surface area contributed by atoms with Crippen molar-refractivity contribution in [3.63, 3.8) is 0 Å². The Kier molecular flexibility index (Phi) is 4.00. The molecule has 3 heteroatoms. The predicted octanol–water partition coefficient (Wildman–Crippen LogP) is 2.58. The maximum absolute atomic E-state index is 6.01. The summed E-state index contributed by atoms with van der Waals surface area (Å²) in [6.07, 6.45) is 1.36. The van der Waals surface area contributed by atoms with Crippen molar-refractivity contribution >= 4 is 0 Å². The van der Waals surface area contributed by atoms with Gasteiger partial charge in [0.2, 0.25) is 5.88 Å². The Bertz CT molecular complexity index is 365.